The van der Waals surface area contributed by atoms with Gasteiger partial charge >= 0.3 is 0 Å². The van der Waals surface area contributed by atoms with Crippen molar-refractivity contribution < 1.29 is 0 Å². The molecular formula is C10H19N. The van der Waals surface area contributed by atoms with Gasteiger partial charge in [-0.1, -0.05) is 32.1 Å². The van der Waals surface area contributed by atoms with Crippen LogP contribution in [0.5, 0.6) is 0 Å². The molecule has 64 valence electrons. The molecule has 0 aliphatic heterocycles. The fourth-order valence-electron chi connectivity index (χ4n) is 2.99. The van der Waals surface area contributed by atoms with Crippen molar-refractivity contribution in [1.29, 1.82) is 0 Å². The lowest BCUT2D eigenvalue weighted by atomic mass is 9.87. The van der Waals surface area contributed by atoms with E-state index in [2.05, 4.69) is 0 Å². The Morgan fingerprint density at radius 2 is 1.55 bits per heavy atom. The second-order valence-corrected chi connectivity index (χ2v) is 4.30. The Bertz CT molecular complexity index is 127. The Balaban J connectivity index is 1.92. The van der Waals surface area contributed by atoms with Crippen LogP contribution in [0.2, 0.25) is 0 Å². The topological polar surface area (TPSA) is 26.0 Å². The summed E-state index contributed by atoms with van der Waals surface area (Å²) in [5.41, 5.74) is 6.06. The first-order chi connectivity index (χ1) is 5.38. The lowest BCUT2D eigenvalue weighted by Crippen LogP contribution is -2.29. The molecule has 0 heterocycles. The minimum atomic E-state index is 0.554. The number of hydrogen-bond donors (Lipinski definition) is 1. The first-order valence-electron chi connectivity index (χ1n) is 5.13. The summed E-state index contributed by atoms with van der Waals surface area (Å²) in [6.45, 7) is 0. The van der Waals surface area contributed by atoms with Gasteiger partial charge in [0.15, 0.2) is 0 Å². The molecule has 1 heteroatoms. The number of hydrogen-bond acceptors (Lipinski definition) is 1. The summed E-state index contributed by atoms with van der Waals surface area (Å²) in [7, 11) is 0. The third-order valence-electron chi connectivity index (χ3n) is 3.63. The summed E-state index contributed by atoms with van der Waals surface area (Å²) >= 11 is 0. The molecular weight excluding hydrogens is 134 g/mol. The molecule has 11 heavy (non-hydrogen) atoms. The maximum absolute atomic E-state index is 6.06. The molecule has 1 nitrogen and oxygen atoms in total. The molecule has 0 saturated heterocycles. The Labute approximate surface area is 69.4 Å². The molecule has 0 aromatic carbocycles. The van der Waals surface area contributed by atoms with Gasteiger partial charge in [0.1, 0.15) is 0 Å². The zero-order valence-electron chi connectivity index (χ0n) is 7.26. The van der Waals surface area contributed by atoms with Crippen molar-refractivity contribution in [2.75, 3.05) is 0 Å². The van der Waals surface area contributed by atoms with Gasteiger partial charge in [-0.15, -0.1) is 0 Å². The first-order valence-corrected chi connectivity index (χ1v) is 5.13. The number of nitrogens with two attached hydrogens (primary N) is 1. The summed E-state index contributed by atoms with van der Waals surface area (Å²) in [6, 6.07) is 0.554. The highest BCUT2D eigenvalue weighted by Gasteiger charge is 2.32. The summed E-state index contributed by atoms with van der Waals surface area (Å²) in [5, 5.41) is 0. The van der Waals surface area contributed by atoms with Crippen LogP contribution in [0.3, 0.4) is 0 Å². The van der Waals surface area contributed by atoms with E-state index in [-0.39, 0.29) is 0 Å². The highest BCUT2D eigenvalue weighted by Crippen LogP contribution is 2.39. The van der Waals surface area contributed by atoms with Crippen LogP contribution in [-0.4, -0.2) is 6.04 Å². The van der Waals surface area contributed by atoms with E-state index in [0.717, 1.165) is 11.8 Å². The van der Waals surface area contributed by atoms with Gasteiger partial charge in [0, 0.05) is 6.04 Å². The van der Waals surface area contributed by atoms with Gasteiger partial charge in [-0.2, -0.15) is 0 Å². The van der Waals surface area contributed by atoms with Crippen molar-refractivity contribution in [3.05, 3.63) is 0 Å². The zero-order chi connectivity index (χ0) is 7.68. The second kappa shape index (κ2) is 3.14. The Hall–Kier alpha value is -0.0400. The summed E-state index contributed by atoms with van der Waals surface area (Å²) in [6.07, 6.45) is 9.98. The minimum absolute atomic E-state index is 0.554. The molecule has 0 amide bonds. The van der Waals surface area contributed by atoms with Crippen LogP contribution in [0.4, 0.5) is 0 Å². The van der Waals surface area contributed by atoms with Gasteiger partial charge < -0.3 is 5.73 Å². The Kier molecular flexibility index (Phi) is 2.17. The molecule has 1 unspecified atom stereocenters. The van der Waals surface area contributed by atoms with Crippen LogP contribution in [-0.2, 0) is 0 Å². The van der Waals surface area contributed by atoms with Gasteiger partial charge in [-0.3, -0.25) is 0 Å². The Morgan fingerprint density at radius 3 is 2.09 bits per heavy atom. The van der Waals surface area contributed by atoms with Crippen LogP contribution in [0.15, 0.2) is 0 Å². The lowest BCUT2D eigenvalue weighted by Gasteiger charge is -2.21. The largest absolute Gasteiger partial charge is 0.327 e. The van der Waals surface area contributed by atoms with Gasteiger partial charge in [0.2, 0.25) is 0 Å². The second-order valence-electron chi connectivity index (χ2n) is 4.30. The van der Waals surface area contributed by atoms with Crippen molar-refractivity contribution in [2.24, 2.45) is 17.6 Å². The zero-order valence-corrected chi connectivity index (χ0v) is 7.26. The molecule has 2 fully saturated rings. The lowest BCUT2D eigenvalue weighted by molar-refractivity contribution is 0.316. The van der Waals surface area contributed by atoms with E-state index in [9.17, 15) is 0 Å². The van der Waals surface area contributed by atoms with E-state index < -0.39 is 0 Å². The van der Waals surface area contributed by atoms with Gasteiger partial charge in [-0.05, 0) is 24.7 Å². The van der Waals surface area contributed by atoms with E-state index >= 15 is 0 Å². The molecule has 2 N–H and O–H groups in total. The minimum Gasteiger partial charge on any atom is -0.327 e. The van der Waals surface area contributed by atoms with Crippen molar-refractivity contribution in [3.8, 4) is 0 Å². The van der Waals surface area contributed by atoms with E-state index in [1.807, 2.05) is 0 Å². The average molecular weight is 153 g/mol. The normalized spacial score (nSPS) is 40.1. The smallest absolute Gasteiger partial charge is 0.00698 e. The molecule has 0 aromatic heterocycles. The molecule has 2 saturated carbocycles. The monoisotopic (exact) mass is 153 g/mol. The predicted molar refractivity (Wildman–Crippen MR) is 47.3 cm³/mol. The average Bonchev–Trinajstić information content (AvgIpc) is 2.55. The van der Waals surface area contributed by atoms with Gasteiger partial charge in [0.25, 0.3) is 0 Å². The van der Waals surface area contributed by atoms with Crippen LogP contribution in [0, 0.1) is 11.8 Å². The quantitative estimate of drug-likeness (QED) is 0.614. The summed E-state index contributed by atoms with van der Waals surface area (Å²) in [4.78, 5) is 0. The van der Waals surface area contributed by atoms with Crippen molar-refractivity contribution in [3.63, 3.8) is 0 Å². The highest BCUT2D eigenvalue weighted by atomic mass is 14.7. The molecule has 0 aromatic rings. The van der Waals surface area contributed by atoms with Gasteiger partial charge in [-0.25, -0.2) is 0 Å². The molecule has 2 aliphatic carbocycles. The van der Waals surface area contributed by atoms with Crippen molar-refractivity contribution >= 4 is 0 Å². The maximum Gasteiger partial charge on any atom is 0.00698 e. The molecule has 2 aliphatic rings. The standard InChI is InChI=1S/C10H19N/c11-10-7-3-6-9(10)8-4-1-2-5-8/h8-10H,1-7,11H2/t9-,10?/m1/s1. The van der Waals surface area contributed by atoms with Crippen LogP contribution >= 0.6 is 0 Å². The third kappa shape index (κ3) is 1.44. The van der Waals surface area contributed by atoms with E-state index in [4.69, 9.17) is 5.73 Å². The molecule has 0 radical (unpaired) electrons. The van der Waals surface area contributed by atoms with E-state index in [1.165, 1.54) is 44.9 Å². The molecule has 0 bridgehead atoms. The first kappa shape index (κ1) is 7.60. The summed E-state index contributed by atoms with van der Waals surface area (Å²) < 4.78 is 0. The van der Waals surface area contributed by atoms with Crippen LogP contribution in [0.25, 0.3) is 0 Å². The van der Waals surface area contributed by atoms with Crippen LogP contribution < -0.4 is 5.73 Å². The van der Waals surface area contributed by atoms with Crippen molar-refractivity contribution in [2.45, 2.75) is 51.0 Å². The summed E-state index contributed by atoms with van der Waals surface area (Å²) in [5.74, 6) is 1.91. The molecule has 2 rings (SSSR count). The Morgan fingerprint density at radius 1 is 0.818 bits per heavy atom. The molecule has 0 spiro atoms. The predicted octanol–water partition coefficient (Wildman–Crippen LogP) is 2.30. The highest BCUT2D eigenvalue weighted by molar-refractivity contribution is 4.87. The van der Waals surface area contributed by atoms with Crippen molar-refractivity contribution in [1.82, 2.24) is 0 Å². The van der Waals surface area contributed by atoms with E-state index in [1.54, 1.807) is 0 Å². The van der Waals surface area contributed by atoms with Gasteiger partial charge in [0.05, 0.1) is 0 Å². The van der Waals surface area contributed by atoms with E-state index in [0.29, 0.717) is 6.04 Å². The fraction of sp³-hybridized carbons (Fsp3) is 1.00. The number of rotatable bonds is 1. The SMILES string of the molecule is NC1CCC[C@@H]1C1CCCC1. The molecule has 2 atom stereocenters. The fourth-order valence-corrected chi connectivity index (χ4v) is 2.99. The van der Waals surface area contributed by atoms with Crippen LogP contribution in [0.1, 0.15) is 44.9 Å². The third-order valence-corrected chi connectivity index (χ3v) is 3.63. The maximum atomic E-state index is 6.06.